The Labute approximate surface area is 180 Å². The van der Waals surface area contributed by atoms with Crippen molar-refractivity contribution in [1.29, 1.82) is 0 Å². The summed E-state index contributed by atoms with van der Waals surface area (Å²) < 4.78 is 0. The Morgan fingerprint density at radius 2 is 1.93 bits per heavy atom. The molecule has 1 aliphatic heterocycles. The third-order valence-electron chi connectivity index (χ3n) is 4.56. The number of nitrogens with one attached hydrogen (secondary N) is 3. The fraction of sp³-hybridized carbons (Fsp3) is 0.600. The number of piperidine rings is 1. The van der Waals surface area contributed by atoms with E-state index in [9.17, 15) is 4.79 Å². The first kappa shape index (κ1) is 23.7. The topological polar surface area (TPSA) is 68.8 Å². The molecule has 1 unspecified atom stereocenters. The number of halogens is 1. The van der Waals surface area contributed by atoms with Crippen LogP contribution in [-0.2, 0) is 11.3 Å². The van der Waals surface area contributed by atoms with Crippen molar-refractivity contribution in [2.24, 2.45) is 10.9 Å². The van der Waals surface area contributed by atoms with E-state index in [2.05, 4.69) is 56.2 Å². The van der Waals surface area contributed by atoms with Crippen molar-refractivity contribution >= 4 is 35.8 Å². The lowest BCUT2D eigenvalue weighted by atomic mass is 10.0. The van der Waals surface area contributed by atoms with Crippen LogP contribution >= 0.6 is 24.0 Å². The second-order valence-corrected chi connectivity index (χ2v) is 7.15. The number of nitrogens with zero attached hydrogens (tertiary/aromatic N) is 2. The average Bonchev–Trinajstić information content (AvgIpc) is 2.65. The summed E-state index contributed by atoms with van der Waals surface area (Å²) in [5, 5.41) is 9.71. The maximum absolute atomic E-state index is 11.6. The fourth-order valence-corrected chi connectivity index (χ4v) is 3.12. The van der Waals surface area contributed by atoms with E-state index in [1.165, 1.54) is 12.0 Å². The first-order chi connectivity index (χ1) is 12.6. The van der Waals surface area contributed by atoms with Gasteiger partial charge in [-0.05, 0) is 24.9 Å². The summed E-state index contributed by atoms with van der Waals surface area (Å²) in [6.45, 7) is 8.20. The van der Waals surface area contributed by atoms with Gasteiger partial charge in [-0.3, -0.25) is 14.7 Å². The Bertz CT molecular complexity index is 579. The van der Waals surface area contributed by atoms with Crippen LogP contribution in [0.1, 0.15) is 32.3 Å². The number of likely N-dealkylation sites (tertiary alicyclic amines) is 1. The molecule has 152 valence electrons. The van der Waals surface area contributed by atoms with E-state index >= 15 is 0 Å². The fourth-order valence-electron chi connectivity index (χ4n) is 3.12. The van der Waals surface area contributed by atoms with Gasteiger partial charge in [0.25, 0.3) is 0 Å². The summed E-state index contributed by atoms with van der Waals surface area (Å²) in [4.78, 5) is 18.4. The van der Waals surface area contributed by atoms with E-state index < -0.39 is 0 Å². The number of hydrogen-bond acceptors (Lipinski definition) is 3. The molecule has 1 aromatic carbocycles. The first-order valence-corrected chi connectivity index (χ1v) is 9.59. The van der Waals surface area contributed by atoms with E-state index in [1.807, 2.05) is 13.8 Å². The van der Waals surface area contributed by atoms with Crippen molar-refractivity contribution in [2.75, 3.05) is 33.2 Å². The molecule has 1 heterocycles. The smallest absolute Gasteiger partial charge is 0.222 e. The molecule has 7 heteroatoms. The summed E-state index contributed by atoms with van der Waals surface area (Å²) in [6, 6.07) is 11.0. The molecule has 1 atom stereocenters. The van der Waals surface area contributed by atoms with Crippen LogP contribution in [0.5, 0.6) is 0 Å². The van der Waals surface area contributed by atoms with Gasteiger partial charge in [0.1, 0.15) is 0 Å². The van der Waals surface area contributed by atoms with Crippen molar-refractivity contribution in [3.8, 4) is 0 Å². The highest BCUT2D eigenvalue weighted by molar-refractivity contribution is 14.0. The van der Waals surface area contributed by atoms with Crippen LogP contribution in [0, 0.1) is 5.92 Å². The minimum atomic E-state index is 0. The third kappa shape index (κ3) is 8.92. The average molecular weight is 487 g/mol. The highest BCUT2D eigenvalue weighted by Crippen LogP contribution is 2.13. The monoisotopic (exact) mass is 487 g/mol. The first-order valence-electron chi connectivity index (χ1n) is 9.59. The van der Waals surface area contributed by atoms with Crippen molar-refractivity contribution in [3.63, 3.8) is 0 Å². The van der Waals surface area contributed by atoms with E-state index in [1.54, 1.807) is 7.05 Å². The molecular formula is C20H34IN5O. The predicted octanol–water partition coefficient (Wildman–Crippen LogP) is 2.21. The lowest BCUT2D eigenvalue weighted by Gasteiger charge is -2.34. The number of rotatable bonds is 7. The van der Waals surface area contributed by atoms with Gasteiger partial charge in [0, 0.05) is 45.2 Å². The Morgan fingerprint density at radius 1 is 1.22 bits per heavy atom. The van der Waals surface area contributed by atoms with Crippen LogP contribution in [0.15, 0.2) is 35.3 Å². The molecule has 1 aromatic rings. The van der Waals surface area contributed by atoms with Gasteiger partial charge in [0.05, 0.1) is 0 Å². The minimum absolute atomic E-state index is 0. The zero-order chi connectivity index (χ0) is 18.8. The SMILES string of the molecule is CN=C(NCCNC(=O)C(C)C)NC1CCCN(Cc2ccccc2)C1.I. The zero-order valence-corrected chi connectivity index (χ0v) is 19.0. The van der Waals surface area contributed by atoms with Crippen molar-refractivity contribution in [2.45, 2.75) is 39.3 Å². The number of aliphatic imine (C=N–C) groups is 1. The van der Waals surface area contributed by atoms with Crippen LogP contribution in [0.4, 0.5) is 0 Å². The van der Waals surface area contributed by atoms with Gasteiger partial charge in [-0.1, -0.05) is 44.2 Å². The molecule has 3 N–H and O–H groups in total. The number of amides is 1. The summed E-state index contributed by atoms with van der Waals surface area (Å²) in [5.41, 5.74) is 1.36. The Hall–Kier alpha value is -1.35. The molecular weight excluding hydrogens is 453 g/mol. The Morgan fingerprint density at radius 3 is 2.59 bits per heavy atom. The van der Waals surface area contributed by atoms with Crippen molar-refractivity contribution in [3.05, 3.63) is 35.9 Å². The second-order valence-electron chi connectivity index (χ2n) is 7.15. The van der Waals surface area contributed by atoms with Crippen molar-refractivity contribution < 1.29 is 4.79 Å². The van der Waals surface area contributed by atoms with Gasteiger partial charge in [0.15, 0.2) is 5.96 Å². The molecule has 1 aliphatic rings. The van der Waals surface area contributed by atoms with Gasteiger partial charge in [-0.15, -0.1) is 24.0 Å². The minimum Gasteiger partial charge on any atom is -0.355 e. The molecule has 6 nitrogen and oxygen atoms in total. The lowest BCUT2D eigenvalue weighted by molar-refractivity contribution is -0.123. The molecule has 2 rings (SSSR count). The summed E-state index contributed by atoms with van der Waals surface area (Å²) in [7, 11) is 1.78. The third-order valence-corrected chi connectivity index (χ3v) is 4.56. The summed E-state index contributed by atoms with van der Waals surface area (Å²) in [6.07, 6.45) is 2.34. The van der Waals surface area contributed by atoms with Crippen LogP contribution in [0.3, 0.4) is 0 Å². The van der Waals surface area contributed by atoms with Crippen LogP contribution in [0.25, 0.3) is 0 Å². The molecule has 1 saturated heterocycles. The van der Waals surface area contributed by atoms with Crippen molar-refractivity contribution in [1.82, 2.24) is 20.9 Å². The van der Waals surface area contributed by atoms with Gasteiger partial charge >= 0.3 is 0 Å². The largest absolute Gasteiger partial charge is 0.355 e. The van der Waals surface area contributed by atoms with Gasteiger partial charge in [-0.2, -0.15) is 0 Å². The molecule has 0 aliphatic carbocycles. The summed E-state index contributed by atoms with van der Waals surface area (Å²) >= 11 is 0. The van der Waals surface area contributed by atoms with E-state index in [0.717, 1.165) is 32.0 Å². The standard InChI is InChI=1S/C20H33N5O.HI/c1-16(2)19(26)22-11-12-23-20(21-3)24-18-10-7-13-25(15-18)14-17-8-5-4-6-9-17;/h4-6,8-9,16,18H,7,10-15H2,1-3H3,(H,22,26)(H2,21,23,24);1H. The van der Waals surface area contributed by atoms with E-state index in [0.29, 0.717) is 19.1 Å². The predicted molar refractivity (Wildman–Crippen MR) is 123 cm³/mol. The molecule has 0 bridgehead atoms. The number of carbonyl (C=O) groups excluding carboxylic acids is 1. The van der Waals surface area contributed by atoms with Crippen LogP contribution < -0.4 is 16.0 Å². The van der Waals surface area contributed by atoms with Crippen LogP contribution in [-0.4, -0.2) is 56.0 Å². The Balaban J connectivity index is 0.00000364. The molecule has 0 spiro atoms. The highest BCUT2D eigenvalue weighted by Gasteiger charge is 2.20. The quantitative estimate of drug-likeness (QED) is 0.239. The zero-order valence-electron chi connectivity index (χ0n) is 16.7. The molecule has 1 fully saturated rings. The second kappa shape index (κ2) is 12.9. The van der Waals surface area contributed by atoms with Gasteiger partial charge < -0.3 is 16.0 Å². The van der Waals surface area contributed by atoms with Crippen LogP contribution in [0.2, 0.25) is 0 Å². The highest BCUT2D eigenvalue weighted by atomic mass is 127. The molecule has 0 radical (unpaired) electrons. The van der Waals surface area contributed by atoms with Gasteiger partial charge in [0.2, 0.25) is 5.91 Å². The summed E-state index contributed by atoms with van der Waals surface area (Å²) in [5.74, 6) is 0.902. The van der Waals surface area contributed by atoms with Gasteiger partial charge in [-0.25, -0.2) is 0 Å². The number of carbonyl (C=O) groups is 1. The Kier molecular flexibility index (Phi) is 11.3. The molecule has 27 heavy (non-hydrogen) atoms. The maximum atomic E-state index is 11.6. The number of hydrogen-bond donors (Lipinski definition) is 3. The normalized spacial score (nSPS) is 17.9. The number of benzene rings is 1. The van der Waals surface area contributed by atoms with E-state index in [4.69, 9.17) is 0 Å². The molecule has 1 amide bonds. The molecule has 0 saturated carbocycles. The number of guanidine groups is 1. The molecule has 0 aromatic heterocycles. The van der Waals surface area contributed by atoms with E-state index in [-0.39, 0.29) is 35.8 Å². The maximum Gasteiger partial charge on any atom is 0.222 e. The lowest BCUT2D eigenvalue weighted by Crippen LogP contribution is -2.51.